The molecule has 3 aromatic rings. The summed E-state index contributed by atoms with van der Waals surface area (Å²) < 4.78 is 6.80. The Bertz CT molecular complexity index is 1090. The second-order valence-corrected chi connectivity index (χ2v) is 6.04. The first kappa shape index (κ1) is 18.9. The normalized spacial score (nSPS) is 10.3. The molecule has 0 atom stereocenters. The number of aromatic nitrogens is 1. The van der Waals surface area contributed by atoms with E-state index in [-0.39, 0.29) is 23.4 Å². The topological polar surface area (TPSA) is 92.3 Å². The van der Waals surface area contributed by atoms with Crippen LogP contribution in [0.15, 0.2) is 54.6 Å². The number of hydrogen-bond acceptors (Lipinski definition) is 4. The van der Waals surface area contributed by atoms with E-state index in [0.717, 1.165) is 0 Å². The first-order valence-corrected chi connectivity index (χ1v) is 8.71. The van der Waals surface area contributed by atoms with Crippen molar-refractivity contribution in [3.05, 3.63) is 77.0 Å². The first-order valence-electron chi connectivity index (χ1n) is 8.71. The molecule has 140 valence electrons. The van der Waals surface area contributed by atoms with E-state index in [1.54, 1.807) is 42.7 Å². The van der Waals surface area contributed by atoms with Crippen LogP contribution in [0.2, 0.25) is 0 Å². The number of carbonyl (C=O) groups excluding carboxylic acids is 1. The molecule has 1 N–H and O–H groups in total. The van der Waals surface area contributed by atoms with Gasteiger partial charge in [0, 0.05) is 16.9 Å². The summed E-state index contributed by atoms with van der Waals surface area (Å²) >= 11 is 0. The summed E-state index contributed by atoms with van der Waals surface area (Å²) in [4.78, 5) is 24.8. The Kier molecular flexibility index (Phi) is 5.28. The third-order valence-electron chi connectivity index (χ3n) is 4.42. The number of carboxylic acid groups (broad SMARTS) is 1. The number of aromatic carboxylic acids is 1. The van der Waals surface area contributed by atoms with Crippen LogP contribution in [0.5, 0.6) is 0 Å². The summed E-state index contributed by atoms with van der Waals surface area (Å²) in [5.41, 5.74) is 1.95. The average Bonchev–Trinajstić information content (AvgIpc) is 3.02. The standard InChI is InChI=1S/C22H18N2O4/c1-3-28-22(27)18-14(2)24(16-10-5-4-6-11-16)20(19(18)21(25)26)17-12-8-7-9-15(17)13-23/h4-12H,3H2,1-2H3,(H,25,26). The fraction of sp³-hybridized carbons (Fsp3) is 0.136. The number of benzene rings is 2. The first-order chi connectivity index (χ1) is 13.5. The second-order valence-electron chi connectivity index (χ2n) is 6.04. The second kappa shape index (κ2) is 7.80. The summed E-state index contributed by atoms with van der Waals surface area (Å²) in [6.07, 6.45) is 0. The van der Waals surface area contributed by atoms with Crippen LogP contribution in [0.25, 0.3) is 16.9 Å². The molecule has 0 aliphatic carbocycles. The summed E-state index contributed by atoms with van der Waals surface area (Å²) in [5, 5.41) is 19.5. The quantitative estimate of drug-likeness (QED) is 0.676. The minimum atomic E-state index is -1.26. The molecule has 2 aromatic carbocycles. The Morgan fingerprint density at radius 2 is 1.71 bits per heavy atom. The van der Waals surface area contributed by atoms with Gasteiger partial charge in [-0.2, -0.15) is 5.26 Å². The lowest BCUT2D eigenvalue weighted by Gasteiger charge is -2.13. The number of ether oxygens (including phenoxy) is 1. The van der Waals surface area contributed by atoms with Crippen molar-refractivity contribution < 1.29 is 19.4 Å². The SMILES string of the molecule is CCOC(=O)c1c(C(=O)O)c(-c2ccccc2C#N)n(-c2ccccc2)c1C. The van der Waals surface area contributed by atoms with Crippen LogP contribution in [-0.2, 0) is 4.74 Å². The maximum absolute atomic E-state index is 12.6. The molecule has 1 aromatic heterocycles. The molecular formula is C22H18N2O4. The Morgan fingerprint density at radius 3 is 2.32 bits per heavy atom. The van der Waals surface area contributed by atoms with Crippen molar-refractivity contribution in [1.29, 1.82) is 5.26 Å². The fourth-order valence-corrected chi connectivity index (χ4v) is 3.29. The van der Waals surface area contributed by atoms with Crippen LogP contribution in [0.1, 0.15) is 38.9 Å². The molecule has 0 fully saturated rings. The van der Waals surface area contributed by atoms with Crippen molar-refractivity contribution >= 4 is 11.9 Å². The van der Waals surface area contributed by atoms with Gasteiger partial charge < -0.3 is 14.4 Å². The van der Waals surface area contributed by atoms with Crippen LogP contribution >= 0.6 is 0 Å². The Morgan fingerprint density at radius 1 is 1.07 bits per heavy atom. The van der Waals surface area contributed by atoms with E-state index in [1.165, 1.54) is 0 Å². The molecular weight excluding hydrogens is 356 g/mol. The van der Waals surface area contributed by atoms with Crippen LogP contribution in [0.4, 0.5) is 0 Å². The molecule has 0 aliphatic heterocycles. The van der Waals surface area contributed by atoms with Gasteiger partial charge in [0.15, 0.2) is 0 Å². The van der Waals surface area contributed by atoms with E-state index >= 15 is 0 Å². The number of para-hydroxylation sites is 1. The van der Waals surface area contributed by atoms with Crippen LogP contribution in [-0.4, -0.2) is 28.2 Å². The molecule has 0 radical (unpaired) electrons. The van der Waals surface area contributed by atoms with Crippen LogP contribution in [0, 0.1) is 18.3 Å². The maximum Gasteiger partial charge on any atom is 0.340 e. The smallest absolute Gasteiger partial charge is 0.340 e. The zero-order chi connectivity index (χ0) is 20.3. The predicted octanol–water partition coefficient (Wildman–Crippen LogP) is 4.20. The summed E-state index contributed by atoms with van der Waals surface area (Å²) in [6.45, 7) is 3.45. The number of hydrogen-bond donors (Lipinski definition) is 1. The highest BCUT2D eigenvalue weighted by Crippen LogP contribution is 2.36. The van der Waals surface area contributed by atoms with E-state index in [2.05, 4.69) is 6.07 Å². The van der Waals surface area contributed by atoms with E-state index in [9.17, 15) is 20.0 Å². The van der Waals surface area contributed by atoms with Gasteiger partial charge in [-0.25, -0.2) is 9.59 Å². The van der Waals surface area contributed by atoms with Gasteiger partial charge in [0.2, 0.25) is 0 Å². The highest BCUT2D eigenvalue weighted by atomic mass is 16.5. The van der Waals surface area contributed by atoms with Crippen molar-refractivity contribution in [2.45, 2.75) is 13.8 Å². The molecule has 0 saturated heterocycles. The number of esters is 1. The molecule has 0 saturated carbocycles. The van der Waals surface area contributed by atoms with Gasteiger partial charge in [-0.15, -0.1) is 0 Å². The van der Waals surface area contributed by atoms with Gasteiger partial charge in [0.1, 0.15) is 5.56 Å². The lowest BCUT2D eigenvalue weighted by Crippen LogP contribution is -2.11. The van der Waals surface area contributed by atoms with Crippen molar-refractivity contribution in [3.8, 4) is 23.0 Å². The third-order valence-corrected chi connectivity index (χ3v) is 4.42. The predicted molar refractivity (Wildman–Crippen MR) is 104 cm³/mol. The molecule has 0 bridgehead atoms. The average molecular weight is 374 g/mol. The van der Waals surface area contributed by atoms with E-state index < -0.39 is 11.9 Å². The maximum atomic E-state index is 12.6. The largest absolute Gasteiger partial charge is 0.478 e. The highest BCUT2D eigenvalue weighted by Gasteiger charge is 2.32. The molecule has 0 unspecified atom stereocenters. The van der Waals surface area contributed by atoms with Gasteiger partial charge in [-0.1, -0.05) is 36.4 Å². The Hall–Kier alpha value is -3.85. The zero-order valence-electron chi connectivity index (χ0n) is 15.5. The van der Waals surface area contributed by atoms with Crippen LogP contribution in [0.3, 0.4) is 0 Å². The van der Waals surface area contributed by atoms with Crippen molar-refractivity contribution in [2.24, 2.45) is 0 Å². The highest BCUT2D eigenvalue weighted by molar-refractivity contribution is 6.09. The Labute approximate surface area is 162 Å². The van der Waals surface area contributed by atoms with Gasteiger partial charge in [0.25, 0.3) is 0 Å². The van der Waals surface area contributed by atoms with E-state index in [4.69, 9.17) is 4.74 Å². The lowest BCUT2D eigenvalue weighted by molar-refractivity contribution is 0.0514. The van der Waals surface area contributed by atoms with E-state index in [0.29, 0.717) is 22.5 Å². The number of nitriles is 1. The molecule has 0 aliphatic rings. The molecule has 28 heavy (non-hydrogen) atoms. The molecule has 0 amide bonds. The van der Waals surface area contributed by atoms with Gasteiger partial charge in [-0.3, -0.25) is 0 Å². The number of rotatable bonds is 5. The lowest BCUT2D eigenvalue weighted by atomic mass is 10.00. The van der Waals surface area contributed by atoms with Crippen molar-refractivity contribution in [2.75, 3.05) is 6.61 Å². The molecule has 1 heterocycles. The minimum absolute atomic E-state index is 0.0130. The minimum Gasteiger partial charge on any atom is -0.478 e. The number of carboxylic acids is 1. The number of carbonyl (C=O) groups is 2. The molecule has 3 rings (SSSR count). The van der Waals surface area contributed by atoms with Crippen molar-refractivity contribution in [1.82, 2.24) is 4.57 Å². The molecule has 6 heteroatoms. The van der Waals surface area contributed by atoms with Gasteiger partial charge in [0.05, 0.1) is 29.5 Å². The van der Waals surface area contributed by atoms with E-state index in [1.807, 2.05) is 30.3 Å². The fourth-order valence-electron chi connectivity index (χ4n) is 3.29. The summed E-state index contributed by atoms with van der Waals surface area (Å²) in [5.74, 6) is -1.97. The molecule has 0 spiro atoms. The van der Waals surface area contributed by atoms with Gasteiger partial charge in [-0.05, 0) is 32.0 Å². The Balaban J connectivity index is 2.48. The monoisotopic (exact) mass is 374 g/mol. The summed E-state index contributed by atoms with van der Waals surface area (Å²) in [7, 11) is 0. The number of nitrogens with zero attached hydrogens (tertiary/aromatic N) is 2. The summed E-state index contributed by atoms with van der Waals surface area (Å²) in [6, 6.07) is 17.9. The zero-order valence-corrected chi connectivity index (χ0v) is 15.5. The van der Waals surface area contributed by atoms with Crippen molar-refractivity contribution in [3.63, 3.8) is 0 Å². The third kappa shape index (κ3) is 3.14. The molecule has 6 nitrogen and oxygen atoms in total. The van der Waals surface area contributed by atoms with Gasteiger partial charge >= 0.3 is 11.9 Å². The van der Waals surface area contributed by atoms with Crippen LogP contribution < -0.4 is 0 Å².